The molecule has 1 N–H and O–H groups in total. The Bertz CT molecular complexity index is 581. The molecule has 1 atom stereocenters. The third kappa shape index (κ3) is 2.00. The van der Waals surface area contributed by atoms with Crippen molar-refractivity contribution in [1.82, 2.24) is 9.88 Å². The number of hydrogen-bond acceptors (Lipinski definition) is 3. The quantitative estimate of drug-likeness (QED) is 0.884. The number of aryl methyl sites for hydroxylation is 1. The molecule has 0 saturated carbocycles. The fraction of sp³-hybridized carbons (Fsp3) is 0.462. The van der Waals surface area contributed by atoms with Crippen LogP contribution in [0.15, 0.2) is 27.4 Å². The lowest BCUT2D eigenvalue weighted by atomic mass is 9.96. The molecule has 4 heteroatoms. The Morgan fingerprint density at radius 2 is 2.06 bits per heavy atom. The molecule has 0 aliphatic rings. The molecule has 1 heterocycles. The van der Waals surface area contributed by atoms with Crippen molar-refractivity contribution in [3.05, 3.63) is 34.3 Å². The van der Waals surface area contributed by atoms with E-state index >= 15 is 0 Å². The second kappa shape index (κ2) is 4.37. The van der Waals surface area contributed by atoms with Crippen LogP contribution < -0.4 is 11.1 Å². The highest BCUT2D eigenvalue weighted by Gasteiger charge is 2.15. The second-order valence-electron chi connectivity index (χ2n) is 4.66. The molecular formula is C13H18N2O2. The van der Waals surface area contributed by atoms with Crippen LogP contribution in [-0.2, 0) is 7.05 Å². The molecule has 92 valence electrons. The van der Waals surface area contributed by atoms with Gasteiger partial charge in [-0.1, -0.05) is 19.9 Å². The lowest BCUT2D eigenvalue weighted by Crippen LogP contribution is -2.21. The van der Waals surface area contributed by atoms with Crippen molar-refractivity contribution >= 4 is 11.1 Å². The van der Waals surface area contributed by atoms with Crippen LogP contribution in [0.5, 0.6) is 0 Å². The molecule has 0 aliphatic heterocycles. The Morgan fingerprint density at radius 3 is 2.65 bits per heavy atom. The minimum Gasteiger partial charge on any atom is -0.408 e. The van der Waals surface area contributed by atoms with Gasteiger partial charge in [0.05, 0.1) is 5.52 Å². The van der Waals surface area contributed by atoms with Gasteiger partial charge in [0.15, 0.2) is 5.58 Å². The Morgan fingerprint density at radius 1 is 1.35 bits per heavy atom. The predicted molar refractivity (Wildman–Crippen MR) is 68.1 cm³/mol. The smallest absolute Gasteiger partial charge is 0.408 e. The van der Waals surface area contributed by atoms with Crippen molar-refractivity contribution in [1.29, 1.82) is 0 Å². The van der Waals surface area contributed by atoms with Crippen molar-refractivity contribution in [2.24, 2.45) is 13.0 Å². The SMILES string of the molecule is CNC(c1ccc2c(c1)oc(=O)n2C)C(C)C. The van der Waals surface area contributed by atoms with Gasteiger partial charge in [0.25, 0.3) is 0 Å². The van der Waals surface area contributed by atoms with Gasteiger partial charge in [-0.15, -0.1) is 0 Å². The molecule has 0 amide bonds. The topological polar surface area (TPSA) is 47.2 Å². The van der Waals surface area contributed by atoms with E-state index in [-0.39, 0.29) is 11.8 Å². The molecular weight excluding hydrogens is 216 g/mol. The molecule has 1 unspecified atom stereocenters. The predicted octanol–water partition coefficient (Wildman–Crippen LogP) is 2.05. The van der Waals surface area contributed by atoms with Crippen molar-refractivity contribution < 1.29 is 4.42 Å². The van der Waals surface area contributed by atoms with Gasteiger partial charge in [-0.3, -0.25) is 4.57 Å². The maximum absolute atomic E-state index is 11.4. The number of nitrogens with one attached hydrogen (secondary N) is 1. The van der Waals surface area contributed by atoms with E-state index in [9.17, 15) is 4.79 Å². The summed E-state index contributed by atoms with van der Waals surface area (Å²) in [6.07, 6.45) is 0. The van der Waals surface area contributed by atoms with Gasteiger partial charge in [-0.2, -0.15) is 0 Å². The van der Waals surface area contributed by atoms with E-state index in [1.54, 1.807) is 7.05 Å². The summed E-state index contributed by atoms with van der Waals surface area (Å²) >= 11 is 0. The Labute approximate surface area is 100 Å². The molecule has 0 fully saturated rings. The molecule has 1 aromatic heterocycles. The number of benzene rings is 1. The molecule has 0 radical (unpaired) electrons. The van der Waals surface area contributed by atoms with Gasteiger partial charge in [0.2, 0.25) is 0 Å². The van der Waals surface area contributed by atoms with Crippen LogP contribution in [0.2, 0.25) is 0 Å². The first-order chi connectivity index (χ1) is 8.04. The fourth-order valence-electron chi connectivity index (χ4n) is 2.23. The van der Waals surface area contributed by atoms with Crippen LogP contribution in [0.1, 0.15) is 25.5 Å². The van der Waals surface area contributed by atoms with Gasteiger partial charge in [0.1, 0.15) is 0 Å². The van der Waals surface area contributed by atoms with Crippen LogP contribution in [0.25, 0.3) is 11.1 Å². The van der Waals surface area contributed by atoms with E-state index in [1.165, 1.54) is 4.57 Å². The van der Waals surface area contributed by atoms with E-state index in [4.69, 9.17) is 4.42 Å². The summed E-state index contributed by atoms with van der Waals surface area (Å²) in [5.41, 5.74) is 2.62. The normalized spacial score (nSPS) is 13.5. The van der Waals surface area contributed by atoms with E-state index in [1.807, 2.05) is 25.2 Å². The molecule has 0 aliphatic carbocycles. The average molecular weight is 234 g/mol. The first-order valence-electron chi connectivity index (χ1n) is 5.81. The van der Waals surface area contributed by atoms with E-state index < -0.39 is 0 Å². The number of hydrogen-bond donors (Lipinski definition) is 1. The number of nitrogens with zero attached hydrogens (tertiary/aromatic N) is 1. The second-order valence-corrected chi connectivity index (χ2v) is 4.66. The van der Waals surface area contributed by atoms with Crippen molar-refractivity contribution in [3.63, 3.8) is 0 Å². The molecule has 0 bridgehead atoms. The minimum absolute atomic E-state index is 0.268. The molecule has 4 nitrogen and oxygen atoms in total. The molecule has 17 heavy (non-hydrogen) atoms. The monoisotopic (exact) mass is 234 g/mol. The number of aromatic nitrogens is 1. The highest BCUT2D eigenvalue weighted by atomic mass is 16.4. The highest BCUT2D eigenvalue weighted by molar-refractivity contribution is 5.73. The molecule has 2 aromatic rings. The zero-order chi connectivity index (χ0) is 12.6. The van der Waals surface area contributed by atoms with Gasteiger partial charge in [-0.25, -0.2) is 4.79 Å². The third-order valence-corrected chi connectivity index (χ3v) is 3.15. The summed E-state index contributed by atoms with van der Waals surface area (Å²) in [4.78, 5) is 11.4. The van der Waals surface area contributed by atoms with Gasteiger partial charge in [-0.05, 0) is 30.7 Å². The standard InChI is InChI=1S/C13H18N2O2/c1-8(2)12(14-3)9-5-6-10-11(7-9)17-13(16)15(10)4/h5-8,12,14H,1-4H3. The van der Waals surface area contributed by atoms with Crippen LogP contribution >= 0.6 is 0 Å². The van der Waals surface area contributed by atoms with Crippen molar-refractivity contribution in [2.75, 3.05) is 7.05 Å². The highest BCUT2D eigenvalue weighted by Crippen LogP contribution is 2.24. The van der Waals surface area contributed by atoms with E-state index in [0.717, 1.165) is 11.1 Å². The summed E-state index contributed by atoms with van der Waals surface area (Å²) in [5.74, 6) is 0.163. The lowest BCUT2D eigenvalue weighted by Gasteiger charge is -2.20. The summed E-state index contributed by atoms with van der Waals surface area (Å²) in [6, 6.07) is 6.18. The molecule has 2 rings (SSSR count). The first kappa shape index (κ1) is 11.9. The van der Waals surface area contributed by atoms with Crippen LogP contribution in [0.3, 0.4) is 0 Å². The number of rotatable bonds is 3. The Hall–Kier alpha value is -1.55. The van der Waals surface area contributed by atoms with Gasteiger partial charge in [0, 0.05) is 13.1 Å². The summed E-state index contributed by atoms with van der Waals surface area (Å²) in [7, 11) is 3.65. The fourth-order valence-corrected chi connectivity index (χ4v) is 2.23. The maximum Gasteiger partial charge on any atom is 0.419 e. The number of fused-ring (bicyclic) bond motifs is 1. The van der Waals surface area contributed by atoms with Gasteiger partial charge < -0.3 is 9.73 Å². The average Bonchev–Trinajstić information content (AvgIpc) is 2.55. The molecule has 1 aromatic carbocycles. The maximum atomic E-state index is 11.4. The van der Waals surface area contributed by atoms with Crippen molar-refractivity contribution in [3.8, 4) is 0 Å². The summed E-state index contributed by atoms with van der Waals surface area (Å²) < 4.78 is 6.71. The minimum atomic E-state index is -0.317. The van der Waals surface area contributed by atoms with Crippen LogP contribution in [0, 0.1) is 5.92 Å². The van der Waals surface area contributed by atoms with Crippen molar-refractivity contribution in [2.45, 2.75) is 19.9 Å². The van der Waals surface area contributed by atoms with Gasteiger partial charge >= 0.3 is 5.76 Å². The summed E-state index contributed by atoms with van der Waals surface area (Å²) in [6.45, 7) is 4.32. The Kier molecular flexibility index (Phi) is 3.07. The summed E-state index contributed by atoms with van der Waals surface area (Å²) in [5, 5.41) is 3.28. The molecule has 0 spiro atoms. The van der Waals surface area contributed by atoms with E-state index in [2.05, 4.69) is 19.2 Å². The van der Waals surface area contributed by atoms with Crippen LogP contribution in [0.4, 0.5) is 0 Å². The van der Waals surface area contributed by atoms with E-state index in [0.29, 0.717) is 11.5 Å². The largest absolute Gasteiger partial charge is 0.419 e. The van der Waals surface area contributed by atoms with Crippen LogP contribution in [-0.4, -0.2) is 11.6 Å². The zero-order valence-electron chi connectivity index (χ0n) is 10.7. The Balaban J connectivity index is 2.54. The molecule has 0 saturated heterocycles. The third-order valence-electron chi connectivity index (χ3n) is 3.15. The lowest BCUT2D eigenvalue weighted by molar-refractivity contribution is 0.442. The first-order valence-corrected chi connectivity index (χ1v) is 5.81. The zero-order valence-corrected chi connectivity index (χ0v) is 10.7. The number of oxazole rings is 1.